The third-order valence-corrected chi connectivity index (χ3v) is 10.5. The van der Waals surface area contributed by atoms with Crippen molar-refractivity contribution in [1.82, 2.24) is 0 Å². The summed E-state index contributed by atoms with van der Waals surface area (Å²) in [6.07, 6.45) is 14.8. The third-order valence-electron chi connectivity index (χ3n) is 10.5. The molecule has 44 heavy (non-hydrogen) atoms. The van der Waals surface area contributed by atoms with Gasteiger partial charge in [-0.15, -0.1) is 0 Å². The van der Waals surface area contributed by atoms with Crippen LogP contribution >= 0.6 is 0 Å². The van der Waals surface area contributed by atoms with Gasteiger partial charge in [-0.1, -0.05) is 76.1 Å². The zero-order valence-electron chi connectivity index (χ0n) is 26.2. The highest BCUT2D eigenvalue weighted by Crippen LogP contribution is 2.49. The zero-order valence-corrected chi connectivity index (χ0v) is 26.2. The highest BCUT2D eigenvalue weighted by atomic mass is 16.5. The second-order valence-electron chi connectivity index (χ2n) is 13.3. The lowest BCUT2D eigenvalue weighted by Gasteiger charge is -2.42. The van der Waals surface area contributed by atoms with Crippen molar-refractivity contribution in [3.05, 3.63) is 108 Å². The molecule has 0 aliphatic heterocycles. The molecule has 0 aromatic heterocycles. The quantitative estimate of drug-likeness (QED) is 0.181. The molecule has 4 aromatic carbocycles. The zero-order chi connectivity index (χ0) is 30.4. The van der Waals surface area contributed by atoms with E-state index in [1.807, 2.05) is 48.5 Å². The predicted molar refractivity (Wildman–Crippen MR) is 182 cm³/mol. The monoisotopic (exact) mass is 588 g/mol. The van der Waals surface area contributed by atoms with Gasteiger partial charge in [0, 0.05) is 16.8 Å². The fraction of sp³-hybridized carbons (Fsp3) is 0.400. The molecule has 0 radical (unpaired) electrons. The van der Waals surface area contributed by atoms with Crippen molar-refractivity contribution in [2.24, 2.45) is 17.8 Å². The van der Waals surface area contributed by atoms with Gasteiger partial charge in [-0.2, -0.15) is 0 Å². The predicted octanol–water partition coefficient (Wildman–Crippen LogP) is 10.9. The summed E-state index contributed by atoms with van der Waals surface area (Å²) in [4.78, 5) is 0. The van der Waals surface area contributed by atoms with Crippen molar-refractivity contribution in [2.75, 3.05) is 11.5 Å². The van der Waals surface area contributed by atoms with Gasteiger partial charge in [-0.25, -0.2) is 0 Å². The van der Waals surface area contributed by atoms with Crippen LogP contribution in [0.25, 0.3) is 0 Å². The Labute approximate surface area is 263 Å². The van der Waals surface area contributed by atoms with E-state index in [4.69, 9.17) is 20.9 Å². The van der Waals surface area contributed by atoms with Gasteiger partial charge in [0.25, 0.3) is 0 Å². The Balaban J connectivity index is 1.17. The number of rotatable bonds is 10. The van der Waals surface area contributed by atoms with Gasteiger partial charge >= 0.3 is 0 Å². The van der Waals surface area contributed by atoms with E-state index in [-0.39, 0.29) is 5.41 Å². The molecule has 0 saturated heterocycles. The third kappa shape index (κ3) is 7.23. The average Bonchev–Trinajstić information content (AvgIpc) is 3.07. The van der Waals surface area contributed by atoms with Gasteiger partial charge in [0.1, 0.15) is 23.0 Å². The first-order valence-corrected chi connectivity index (χ1v) is 16.8. The minimum atomic E-state index is -0.0187. The molecule has 2 saturated carbocycles. The molecule has 6 rings (SSSR count). The van der Waals surface area contributed by atoms with E-state index in [0.717, 1.165) is 65.0 Å². The minimum absolute atomic E-state index is 0.0187. The Bertz CT molecular complexity index is 1350. The van der Waals surface area contributed by atoms with Crippen molar-refractivity contribution in [2.45, 2.75) is 83.0 Å². The molecule has 0 heterocycles. The summed E-state index contributed by atoms with van der Waals surface area (Å²) in [7, 11) is 0. The summed E-state index contributed by atoms with van der Waals surface area (Å²) in [5.41, 5.74) is 15.9. The number of hydrogen-bond donors (Lipinski definition) is 2. The van der Waals surface area contributed by atoms with Crippen molar-refractivity contribution in [3.63, 3.8) is 0 Å². The molecular formula is C40H48N2O2. The summed E-state index contributed by atoms with van der Waals surface area (Å²) in [5.74, 6) is 6.02. The van der Waals surface area contributed by atoms with Crippen LogP contribution in [0.5, 0.6) is 23.0 Å². The van der Waals surface area contributed by atoms with E-state index in [1.54, 1.807) is 0 Å². The molecule has 0 atom stereocenters. The van der Waals surface area contributed by atoms with E-state index in [9.17, 15) is 0 Å². The van der Waals surface area contributed by atoms with Crippen LogP contribution in [-0.2, 0) is 5.41 Å². The molecule has 0 spiro atoms. The largest absolute Gasteiger partial charge is 0.457 e. The lowest BCUT2D eigenvalue weighted by Crippen LogP contribution is -2.33. The molecule has 4 N–H and O–H groups in total. The van der Waals surface area contributed by atoms with Crippen LogP contribution in [0.1, 0.15) is 88.7 Å². The maximum absolute atomic E-state index is 6.13. The lowest BCUT2D eigenvalue weighted by atomic mass is 9.62. The van der Waals surface area contributed by atoms with Crippen LogP contribution < -0.4 is 20.9 Å². The normalized spacial score (nSPS) is 20.2. The Kier molecular flexibility index (Phi) is 9.45. The second-order valence-corrected chi connectivity index (χ2v) is 13.3. The molecule has 2 aliphatic carbocycles. The molecule has 230 valence electrons. The van der Waals surface area contributed by atoms with Crippen molar-refractivity contribution in [3.8, 4) is 23.0 Å². The van der Waals surface area contributed by atoms with E-state index in [1.165, 1.54) is 68.9 Å². The number of ether oxygens (including phenoxy) is 2. The molecule has 2 fully saturated rings. The molecule has 0 amide bonds. The first-order chi connectivity index (χ1) is 21.5. The fourth-order valence-electron chi connectivity index (χ4n) is 7.63. The molecule has 2 aliphatic rings. The van der Waals surface area contributed by atoms with E-state index in [2.05, 4.69) is 55.5 Å². The van der Waals surface area contributed by atoms with Crippen LogP contribution in [0.4, 0.5) is 11.4 Å². The van der Waals surface area contributed by atoms with Crippen molar-refractivity contribution >= 4 is 11.4 Å². The average molecular weight is 589 g/mol. The smallest absolute Gasteiger partial charge is 0.127 e. The Morgan fingerprint density at radius 2 is 0.841 bits per heavy atom. The van der Waals surface area contributed by atoms with E-state index in [0.29, 0.717) is 0 Å². The molecule has 0 bridgehead atoms. The maximum atomic E-state index is 6.13. The first-order valence-electron chi connectivity index (χ1n) is 16.8. The summed E-state index contributed by atoms with van der Waals surface area (Å²) in [5, 5.41) is 0. The van der Waals surface area contributed by atoms with Crippen LogP contribution in [0.2, 0.25) is 0 Å². The van der Waals surface area contributed by atoms with Crippen LogP contribution in [-0.4, -0.2) is 0 Å². The van der Waals surface area contributed by atoms with Crippen LogP contribution in [0.15, 0.2) is 97.1 Å². The minimum Gasteiger partial charge on any atom is -0.457 e. The van der Waals surface area contributed by atoms with Gasteiger partial charge in [-0.05, 0) is 127 Å². The summed E-state index contributed by atoms with van der Waals surface area (Å²) in [6.45, 7) is 2.36. The van der Waals surface area contributed by atoms with E-state index >= 15 is 0 Å². The fourth-order valence-corrected chi connectivity index (χ4v) is 7.63. The van der Waals surface area contributed by atoms with Gasteiger partial charge < -0.3 is 20.9 Å². The van der Waals surface area contributed by atoms with Crippen LogP contribution in [0.3, 0.4) is 0 Å². The highest BCUT2D eigenvalue weighted by molar-refractivity contribution is 5.47. The Hall–Kier alpha value is -3.92. The highest BCUT2D eigenvalue weighted by Gasteiger charge is 2.38. The van der Waals surface area contributed by atoms with Gasteiger partial charge in [0.15, 0.2) is 0 Å². The SMILES string of the molecule is CC[C@H]1CC[C@H](CCC2CCC(c3ccc(Oc4ccc(N)cc4)cc3)(c3ccc(Oc4ccc(N)cc4)cc3)CC2)CC1. The van der Waals surface area contributed by atoms with Crippen LogP contribution in [0, 0.1) is 17.8 Å². The van der Waals surface area contributed by atoms with E-state index < -0.39 is 0 Å². The Morgan fingerprint density at radius 1 is 0.500 bits per heavy atom. The molecular weight excluding hydrogens is 540 g/mol. The summed E-state index contributed by atoms with van der Waals surface area (Å²) in [6, 6.07) is 32.7. The number of benzene rings is 4. The number of hydrogen-bond acceptors (Lipinski definition) is 4. The van der Waals surface area contributed by atoms with Gasteiger partial charge in [0.05, 0.1) is 0 Å². The topological polar surface area (TPSA) is 70.5 Å². The number of nitrogens with two attached hydrogens (primary N) is 2. The number of nitrogen functional groups attached to an aromatic ring is 2. The molecule has 4 nitrogen and oxygen atoms in total. The Morgan fingerprint density at radius 3 is 1.23 bits per heavy atom. The second kappa shape index (κ2) is 13.8. The van der Waals surface area contributed by atoms with Crippen molar-refractivity contribution in [1.29, 1.82) is 0 Å². The molecule has 0 unspecified atom stereocenters. The van der Waals surface area contributed by atoms with Gasteiger partial charge in [-0.3, -0.25) is 0 Å². The lowest BCUT2D eigenvalue weighted by molar-refractivity contribution is 0.212. The first kappa shape index (κ1) is 30.1. The maximum Gasteiger partial charge on any atom is 0.127 e. The molecule has 4 aromatic rings. The summed E-state index contributed by atoms with van der Waals surface area (Å²) >= 11 is 0. The summed E-state index contributed by atoms with van der Waals surface area (Å²) < 4.78 is 12.3. The molecule has 4 heteroatoms. The van der Waals surface area contributed by atoms with Crippen molar-refractivity contribution < 1.29 is 9.47 Å². The van der Waals surface area contributed by atoms with Gasteiger partial charge in [0.2, 0.25) is 0 Å². The standard InChI is InChI=1S/C40H48N2O2/c1-2-29-3-5-30(6-4-29)7-8-31-25-27-40(28-26-31,32-9-17-36(18-10-32)43-38-21-13-34(41)14-22-38)33-11-19-37(20-12-33)44-39-23-15-35(42)16-24-39/h9-24,29-31H,2-8,25-28,41-42H2,1H3/t29-,30-. The number of anilines is 2.